The van der Waals surface area contributed by atoms with Gasteiger partial charge in [-0.2, -0.15) is 0 Å². The van der Waals surface area contributed by atoms with Crippen LogP contribution in [0.4, 0.5) is 5.69 Å². The number of anilines is 1. The molecule has 110 valence electrons. The molecule has 0 aliphatic heterocycles. The van der Waals surface area contributed by atoms with Gasteiger partial charge in [-0.25, -0.2) is 0 Å². The lowest BCUT2D eigenvalue weighted by atomic mass is 10.1. The number of carbonyl (C=O) groups excluding carboxylic acids is 2. The highest BCUT2D eigenvalue weighted by Gasteiger charge is 2.24. The van der Waals surface area contributed by atoms with Gasteiger partial charge < -0.3 is 10.4 Å². The summed E-state index contributed by atoms with van der Waals surface area (Å²) in [5.41, 5.74) is 0.812. The molecule has 20 heavy (non-hydrogen) atoms. The molecule has 0 heterocycles. The van der Waals surface area contributed by atoms with Crippen molar-refractivity contribution in [2.75, 3.05) is 25.5 Å². The first-order chi connectivity index (χ1) is 9.26. The van der Waals surface area contributed by atoms with Crippen molar-refractivity contribution < 1.29 is 14.7 Å². The van der Waals surface area contributed by atoms with Crippen molar-refractivity contribution in [1.82, 2.24) is 4.90 Å². The lowest BCUT2D eigenvalue weighted by Crippen LogP contribution is -2.47. The Bertz CT molecular complexity index is 480. The van der Waals surface area contributed by atoms with Crippen LogP contribution < -0.4 is 5.32 Å². The normalized spacial score (nSPS) is 11.5. The Balaban J connectivity index is 2.60. The topological polar surface area (TPSA) is 69.6 Å². The van der Waals surface area contributed by atoms with Crippen molar-refractivity contribution in [2.24, 2.45) is 0 Å². The van der Waals surface area contributed by atoms with Crippen molar-refractivity contribution in [1.29, 1.82) is 0 Å². The first-order valence-corrected chi connectivity index (χ1v) is 6.49. The quantitative estimate of drug-likeness (QED) is 0.774. The molecule has 2 N–H and O–H groups in total. The number of nitrogens with zero attached hydrogens (tertiary/aromatic N) is 1. The smallest absolute Gasteiger partial charge is 0.238 e. The van der Waals surface area contributed by atoms with E-state index in [4.69, 9.17) is 0 Å². The van der Waals surface area contributed by atoms with Gasteiger partial charge in [0.2, 0.25) is 5.91 Å². The molecular formula is C15H22N2O3. The van der Waals surface area contributed by atoms with E-state index in [0.717, 1.165) is 0 Å². The second kappa shape index (κ2) is 6.63. The molecular weight excluding hydrogens is 256 g/mol. The van der Waals surface area contributed by atoms with Crippen molar-refractivity contribution in [3.8, 4) is 0 Å². The lowest BCUT2D eigenvalue weighted by Gasteiger charge is -2.33. The van der Waals surface area contributed by atoms with Crippen LogP contribution in [0, 0.1) is 0 Å². The zero-order valence-electron chi connectivity index (χ0n) is 12.4. The molecule has 0 bridgehead atoms. The number of nitrogens with one attached hydrogen (secondary N) is 1. The van der Waals surface area contributed by atoms with Crippen LogP contribution in [0.25, 0.3) is 0 Å². The van der Waals surface area contributed by atoms with Gasteiger partial charge in [0.25, 0.3) is 0 Å². The Hall–Kier alpha value is -1.72. The fourth-order valence-electron chi connectivity index (χ4n) is 1.54. The zero-order valence-corrected chi connectivity index (χ0v) is 12.4. The van der Waals surface area contributed by atoms with Crippen LogP contribution in [0.1, 0.15) is 31.1 Å². The highest BCUT2D eigenvalue weighted by Crippen LogP contribution is 2.12. The van der Waals surface area contributed by atoms with Gasteiger partial charge in [-0.05, 0) is 52.1 Å². The van der Waals surface area contributed by atoms with Gasteiger partial charge in [-0.1, -0.05) is 0 Å². The molecule has 0 spiro atoms. The molecule has 0 fully saturated rings. The van der Waals surface area contributed by atoms with Gasteiger partial charge >= 0.3 is 0 Å². The number of aliphatic hydroxyl groups is 1. The standard InChI is InChI=1S/C15H22N2O3/c1-11(19)12-5-7-13(8-6-12)16-14(20)9-17(4)15(2,3)10-18/h5-8,18H,9-10H2,1-4H3,(H,16,20). The van der Waals surface area contributed by atoms with E-state index < -0.39 is 5.54 Å². The van der Waals surface area contributed by atoms with E-state index in [0.29, 0.717) is 11.3 Å². The number of likely N-dealkylation sites (N-methyl/N-ethyl adjacent to an activating group) is 1. The number of carbonyl (C=O) groups is 2. The maximum absolute atomic E-state index is 11.9. The second-order valence-corrected chi connectivity index (χ2v) is 5.51. The Labute approximate surface area is 119 Å². The minimum Gasteiger partial charge on any atom is -0.394 e. The summed E-state index contributed by atoms with van der Waals surface area (Å²) in [7, 11) is 1.79. The predicted molar refractivity (Wildman–Crippen MR) is 78.9 cm³/mol. The average molecular weight is 278 g/mol. The minimum atomic E-state index is -0.449. The van der Waals surface area contributed by atoms with E-state index in [9.17, 15) is 14.7 Å². The number of Topliss-reactive ketones (excluding diaryl/α,β-unsaturated/α-hetero) is 1. The Morgan fingerprint density at radius 1 is 1.25 bits per heavy atom. The minimum absolute atomic E-state index is 0.00712. The maximum Gasteiger partial charge on any atom is 0.238 e. The fraction of sp³-hybridized carbons (Fsp3) is 0.467. The molecule has 0 radical (unpaired) electrons. The molecule has 0 saturated heterocycles. The van der Waals surface area contributed by atoms with Gasteiger partial charge in [0.1, 0.15) is 0 Å². The molecule has 0 aromatic heterocycles. The number of ketones is 1. The Kier molecular flexibility index (Phi) is 5.42. The first-order valence-electron chi connectivity index (χ1n) is 6.49. The summed E-state index contributed by atoms with van der Waals surface area (Å²) in [6.07, 6.45) is 0. The van der Waals surface area contributed by atoms with E-state index in [1.54, 1.807) is 36.2 Å². The highest BCUT2D eigenvalue weighted by molar-refractivity contribution is 5.96. The first kappa shape index (κ1) is 16.3. The molecule has 1 amide bonds. The second-order valence-electron chi connectivity index (χ2n) is 5.51. The lowest BCUT2D eigenvalue weighted by molar-refractivity contribution is -0.118. The molecule has 5 heteroatoms. The van der Waals surface area contributed by atoms with E-state index in [2.05, 4.69) is 5.32 Å². The van der Waals surface area contributed by atoms with Crippen LogP contribution in [0.5, 0.6) is 0 Å². The third-order valence-corrected chi connectivity index (χ3v) is 3.38. The fourth-order valence-corrected chi connectivity index (χ4v) is 1.54. The summed E-state index contributed by atoms with van der Waals surface area (Å²) in [6.45, 7) is 5.38. The average Bonchev–Trinajstić information content (AvgIpc) is 2.39. The van der Waals surface area contributed by atoms with Crippen LogP contribution >= 0.6 is 0 Å². The summed E-state index contributed by atoms with van der Waals surface area (Å²) >= 11 is 0. The Morgan fingerprint density at radius 3 is 2.25 bits per heavy atom. The number of benzene rings is 1. The molecule has 0 atom stereocenters. The number of hydrogen-bond acceptors (Lipinski definition) is 4. The molecule has 1 aromatic carbocycles. The molecule has 0 aliphatic rings. The summed E-state index contributed by atoms with van der Waals surface area (Å²) in [4.78, 5) is 24.8. The van der Waals surface area contributed by atoms with Gasteiger partial charge in [-0.3, -0.25) is 14.5 Å². The number of aliphatic hydroxyl groups excluding tert-OH is 1. The van der Waals surface area contributed by atoms with Crippen molar-refractivity contribution >= 4 is 17.4 Å². The maximum atomic E-state index is 11.9. The van der Waals surface area contributed by atoms with E-state index >= 15 is 0 Å². The highest BCUT2D eigenvalue weighted by atomic mass is 16.3. The van der Waals surface area contributed by atoms with Crippen LogP contribution in [0.3, 0.4) is 0 Å². The van der Waals surface area contributed by atoms with Crippen molar-refractivity contribution in [3.63, 3.8) is 0 Å². The van der Waals surface area contributed by atoms with Crippen LogP contribution in [0.2, 0.25) is 0 Å². The number of hydrogen-bond donors (Lipinski definition) is 2. The summed E-state index contributed by atoms with van der Waals surface area (Å²) in [5.74, 6) is -0.170. The summed E-state index contributed by atoms with van der Waals surface area (Å²) < 4.78 is 0. The van der Waals surface area contributed by atoms with E-state index in [-0.39, 0.29) is 24.8 Å². The predicted octanol–water partition coefficient (Wildman–Crippen LogP) is 1.53. The Morgan fingerprint density at radius 2 is 1.80 bits per heavy atom. The monoisotopic (exact) mass is 278 g/mol. The molecule has 5 nitrogen and oxygen atoms in total. The number of rotatable bonds is 6. The van der Waals surface area contributed by atoms with E-state index in [1.807, 2.05) is 13.8 Å². The summed E-state index contributed by atoms with van der Waals surface area (Å²) in [5, 5.41) is 12.0. The van der Waals surface area contributed by atoms with Crippen molar-refractivity contribution in [2.45, 2.75) is 26.3 Å². The van der Waals surface area contributed by atoms with Crippen LogP contribution in [-0.2, 0) is 4.79 Å². The zero-order chi connectivity index (χ0) is 15.3. The largest absolute Gasteiger partial charge is 0.394 e. The molecule has 0 aliphatic carbocycles. The van der Waals surface area contributed by atoms with Gasteiger partial charge in [0.05, 0.1) is 13.2 Å². The molecule has 0 unspecified atom stereocenters. The third-order valence-electron chi connectivity index (χ3n) is 3.38. The third kappa shape index (κ3) is 4.43. The van der Waals surface area contributed by atoms with Crippen molar-refractivity contribution in [3.05, 3.63) is 29.8 Å². The number of amides is 1. The van der Waals surface area contributed by atoms with Gasteiger partial charge in [0, 0.05) is 16.8 Å². The summed E-state index contributed by atoms with van der Waals surface area (Å²) in [6, 6.07) is 6.76. The van der Waals surface area contributed by atoms with Gasteiger partial charge in [0.15, 0.2) is 5.78 Å². The molecule has 0 saturated carbocycles. The molecule has 1 aromatic rings. The van der Waals surface area contributed by atoms with E-state index in [1.165, 1.54) is 6.92 Å². The van der Waals surface area contributed by atoms with Crippen LogP contribution in [0.15, 0.2) is 24.3 Å². The molecule has 1 rings (SSSR count). The van der Waals surface area contributed by atoms with Crippen LogP contribution in [-0.4, -0.2) is 47.4 Å². The SMILES string of the molecule is CC(=O)c1ccc(NC(=O)CN(C)C(C)(C)CO)cc1. The van der Waals surface area contributed by atoms with Gasteiger partial charge in [-0.15, -0.1) is 0 Å².